The van der Waals surface area contributed by atoms with Gasteiger partial charge in [0.2, 0.25) is 15.9 Å². The molecule has 4 N–H and O–H groups in total. The Labute approximate surface area is 121 Å². The molecule has 0 aromatic heterocycles. The number of nitrogens with two attached hydrogens (primary N) is 1. The zero-order chi connectivity index (χ0) is 14.8. The molecular formula is C11H15N3O4S2. The first-order valence-electron chi connectivity index (χ1n) is 5.74. The lowest BCUT2D eigenvalue weighted by Crippen LogP contribution is -2.37. The van der Waals surface area contributed by atoms with E-state index in [1.165, 1.54) is 25.3 Å². The minimum absolute atomic E-state index is 0.0812. The fourth-order valence-corrected chi connectivity index (χ4v) is 3.23. The molecule has 2 rings (SSSR count). The van der Waals surface area contributed by atoms with Crippen LogP contribution in [0.1, 0.15) is 0 Å². The number of amides is 1. The van der Waals surface area contributed by atoms with E-state index in [0.717, 1.165) is 0 Å². The summed E-state index contributed by atoms with van der Waals surface area (Å²) in [6.07, 6.45) is 0. The number of primary sulfonamides is 1. The van der Waals surface area contributed by atoms with Gasteiger partial charge in [0.25, 0.3) is 0 Å². The molecule has 1 atom stereocenters. The number of carbonyl (C=O) groups is 1. The Balaban J connectivity index is 2.26. The van der Waals surface area contributed by atoms with Crippen LogP contribution in [0.2, 0.25) is 0 Å². The van der Waals surface area contributed by atoms with Crippen molar-refractivity contribution in [1.82, 2.24) is 5.32 Å². The van der Waals surface area contributed by atoms with E-state index >= 15 is 0 Å². The van der Waals surface area contributed by atoms with Crippen molar-refractivity contribution in [2.75, 3.05) is 24.1 Å². The molecule has 1 saturated heterocycles. The zero-order valence-corrected chi connectivity index (χ0v) is 12.4. The molecule has 1 aliphatic rings. The molecule has 1 aromatic rings. The standard InChI is InChI=1S/C11H15N3O4S2/c1-18-10-3-2-7(20(12,16)17)4-8(10)14-11(15)9-5-19-6-13-9/h2-4,9,13H,5-6H2,1H3,(H,14,15)(H2,12,16,17). The number of benzene rings is 1. The first-order valence-corrected chi connectivity index (χ1v) is 8.45. The van der Waals surface area contributed by atoms with E-state index < -0.39 is 10.0 Å². The summed E-state index contributed by atoms with van der Waals surface area (Å²) in [6.45, 7) is 0. The van der Waals surface area contributed by atoms with Crippen molar-refractivity contribution in [3.8, 4) is 5.75 Å². The topological polar surface area (TPSA) is 111 Å². The van der Waals surface area contributed by atoms with Crippen LogP contribution in [0.15, 0.2) is 23.1 Å². The predicted octanol–water partition coefficient (Wildman–Crippen LogP) is -0.0564. The van der Waals surface area contributed by atoms with Crippen LogP contribution in [-0.4, -0.2) is 39.1 Å². The summed E-state index contributed by atoms with van der Waals surface area (Å²) in [6, 6.07) is 3.76. The molecule has 0 radical (unpaired) electrons. The first-order chi connectivity index (χ1) is 9.41. The Bertz CT molecular complexity index is 612. The number of rotatable bonds is 4. The molecule has 1 amide bonds. The number of carbonyl (C=O) groups excluding carboxylic acids is 1. The van der Waals surface area contributed by atoms with Crippen LogP contribution >= 0.6 is 11.8 Å². The number of sulfonamides is 1. The largest absolute Gasteiger partial charge is 0.495 e. The molecule has 110 valence electrons. The second-order valence-electron chi connectivity index (χ2n) is 4.17. The fourth-order valence-electron chi connectivity index (χ4n) is 1.75. The van der Waals surface area contributed by atoms with Gasteiger partial charge in [0.15, 0.2) is 0 Å². The van der Waals surface area contributed by atoms with Gasteiger partial charge in [-0.05, 0) is 18.2 Å². The lowest BCUT2D eigenvalue weighted by atomic mass is 10.2. The number of methoxy groups -OCH3 is 1. The van der Waals surface area contributed by atoms with E-state index in [1.807, 2.05) is 0 Å². The van der Waals surface area contributed by atoms with Crippen molar-refractivity contribution in [2.24, 2.45) is 5.14 Å². The van der Waals surface area contributed by atoms with Crippen molar-refractivity contribution in [3.05, 3.63) is 18.2 Å². The summed E-state index contributed by atoms with van der Waals surface area (Å²) in [7, 11) is -2.40. The first kappa shape index (κ1) is 15.1. The SMILES string of the molecule is COc1ccc(S(N)(=O)=O)cc1NC(=O)C1CSCN1. The van der Waals surface area contributed by atoms with Crippen LogP contribution in [0.4, 0.5) is 5.69 Å². The molecule has 7 nitrogen and oxygen atoms in total. The van der Waals surface area contributed by atoms with Gasteiger partial charge >= 0.3 is 0 Å². The lowest BCUT2D eigenvalue weighted by molar-refractivity contribution is -0.117. The summed E-state index contributed by atoms with van der Waals surface area (Å²) in [5, 5.41) is 10.8. The molecule has 20 heavy (non-hydrogen) atoms. The minimum atomic E-state index is -3.83. The third-order valence-corrected chi connectivity index (χ3v) is 4.64. The number of hydrogen-bond donors (Lipinski definition) is 3. The summed E-state index contributed by atoms with van der Waals surface area (Å²) in [4.78, 5) is 11.9. The van der Waals surface area contributed by atoms with E-state index in [0.29, 0.717) is 17.4 Å². The Kier molecular flexibility index (Phi) is 4.53. The number of anilines is 1. The van der Waals surface area contributed by atoms with E-state index in [9.17, 15) is 13.2 Å². The van der Waals surface area contributed by atoms with E-state index in [2.05, 4.69) is 10.6 Å². The molecule has 1 aliphatic heterocycles. The van der Waals surface area contributed by atoms with Crippen LogP contribution < -0.4 is 20.5 Å². The highest BCUT2D eigenvalue weighted by atomic mass is 32.2. The molecular weight excluding hydrogens is 302 g/mol. The number of thioether (sulfide) groups is 1. The van der Waals surface area contributed by atoms with Gasteiger partial charge in [0.05, 0.1) is 23.7 Å². The summed E-state index contributed by atoms with van der Waals surface area (Å²) < 4.78 is 27.8. The summed E-state index contributed by atoms with van der Waals surface area (Å²) in [5.74, 6) is 1.52. The van der Waals surface area contributed by atoms with Gasteiger partial charge in [0, 0.05) is 11.6 Å². The van der Waals surface area contributed by atoms with Crippen LogP contribution in [0.3, 0.4) is 0 Å². The van der Waals surface area contributed by atoms with Gasteiger partial charge in [-0.1, -0.05) is 0 Å². The summed E-state index contributed by atoms with van der Waals surface area (Å²) in [5.41, 5.74) is 0.280. The molecule has 0 aliphatic carbocycles. The Morgan fingerprint density at radius 1 is 1.55 bits per heavy atom. The maximum Gasteiger partial charge on any atom is 0.242 e. The van der Waals surface area contributed by atoms with Crippen molar-refractivity contribution in [2.45, 2.75) is 10.9 Å². The van der Waals surface area contributed by atoms with E-state index in [1.54, 1.807) is 11.8 Å². The normalized spacial score (nSPS) is 18.8. The van der Waals surface area contributed by atoms with Crippen LogP contribution in [0.25, 0.3) is 0 Å². The minimum Gasteiger partial charge on any atom is -0.495 e. The van der Waals surface area contributed by atoms with E-state index in [4.69, 9.17) is 9.88 Å². The molecule has 0 spiro atoms. The lowest BCUT2D eigenvalue weighted by Gasteiger charge is -2.14. The van der Waals surface area contributed by atoms with Crippen molar-refractivity contribution in [1.29, 1.82) is 0 Å². The molecule has 9 heteroatoms. The van der Waals surface area contributed by atoms with Crippen LogP contribution in [0, 0.1) is 0 Å². The highest BCUT2D eigenvalue weighted by Crippen LogP contribution is 2.27. The summed E-state index contributed by atoms with van der Waals surface area (Å²) >= 11 is 1.62. The molecule has 0 bridgehead atoms. The van der Waals surface area contributed by atoms with Gasteiger partial charge in [-0.25, -0.2) is 13.6 Å². The predicted molar refractivity (Wildman–Crippen MR) is 77.2 cm³/mol. The molecule has 1 fully saturated rings. The third-order valence-electron chi connectivity index (χ3n) is 2.79. The van der Waals surface area contributed by atoms with E-state index in [-0.39, 0.29) is 22.5 Å². The fraction of sp³-hybridized carbons (Fsp3) is 0.364. The third kappa shape index (κ3) is 3.42. The average Bonchev–Trinajstić information content (AvgIpc) is 2.91. The van der Waals surface area contributed by atoms with Gasteiger partial charge in [-0.15, -0.1) is 11.8 Å². The highest BCUT2D eigenvalue weighted by molar-refractivity contribution is 7.99. The monoisotopic (exact) mass is 317 g/mol. The van der Waals surface area contributed by atoms with Gasteiger partial charge in [-0.3, -0.25) is 10.1 Å². The van der Waals surface area contributed by atoms with Crippen LogP contribution in [-0.2, 0) is 14.8 Å². The van der Waals surface area contributed by atoms with Crippen LogP contribution in [0.5, 0.6) is 5.75 Å². The molecule has 1 unspecified atom stereocenters. The maximum atomic E-state index is 12.0. The van der Waals surface area contributed by atoms with Crippen molar-refractivity contribution < 1.29 is 17.9 Å². The maximum absolute atomic E-state index is 12.0. The number of ether oxygens (including phenoxy) is 1. The molecule has 1 aromatic carbocycles. The Morgan fingerprint density at radius 2 is 2.30 bits per heavy atom. The highest BCUT2D eigenvalue weighted by Gasteiger charge is 2.23. The zero-order valence-electron chi connectivity index (χ0n) is 10.8. The second-order valence-corrected chi connectivity index (χ2v) is 6.76. The number of nitrogens with one attached hydrogen (secondary N) is 2. The smallest absolute Gasteiger partial charge is 0.242 e. The van der Waals surface area contributed by atoms with Crippen molar-refractivity contribution >= 4 is 33.4 Å². The Morgan fingerprint density at radius 3 is 2.85 bits per heavy atom. The Hall–Kier alpha value is -1.29. The van der Waals surface area contributed by atoms with Crippen molar-refractivity contribution in [3.63, 3.8) is 0 Å². The van der Waals surface area contributed by atoms with Gasteiger partial charge < -0.3 is 10.1 Å². The van der Waals surface area contributed by atoms with Gasteiger partial charge in [0.1, 0.15) is 5.75 Å². The number of hydrogen-bond acceptors (Lipinski definition) is 6. The van der Waals surface area contributed by atoms with Gasteiger partial charge in [-0.2, -0.15) is 0 Å². The quantitative estimate of drug-likeness (QED) is 0.718. The molecule has 0 saturated carbocycles. The average molecular weight is 317 g/mol. The second kappa shape index (κ2) is 6.00. The molecule has 1 heterocycles.